The molecule has 154 valence electrons. The molecule has 2 heterocycles. The topological polar surface area (TPSA) is 130 Å². The zero-order chi connectivity index (χ0) is 20.7. The molecule has 1 aromatic carbocycles. The minimum atomic E-state index is -3.90. The average Bonchev–Trinajstić information content (AvgIpc) is 3.07. The van der Waals surface area contributed by atoms with Crippen molar-refractivity contribution in [3.05, 3.63) is 41.0 Å². The Morgan fingerprint density at radius 3 is 2.39 bits per heavy atom. The van der Waals surface area contributed by atoms with Gasteiger partial charge in [-0.15, -0.1) is 0 Å². The van der Waals surface area contributed by atoms with E-state index in [2.05, 4.69) is 5.27 Å². The van der Waals surface area contributed by atoms with Crippen molar-refractivity contribution in [1.82, 2.24) is 9.58 Å². The highest BCUT2D eigenvalue weighted by atomic mass is 35.5. The summed E-state index contributed by atoms with van der Waals surface area (Å²) < 4.78 is 57.7. The highest BCUT2D eigenvalue weighted by molar-refractivity contribution is 7.92. The zero-order valence-electron chi connectivity index (χ0n) is 15.2. The lowest BCUT2D eigenvalue weighted by molar-refractivity contribution is -0.765. The molecule has 1 fully saturated rings. The zero-order valence-corrected chi connectivity index (χ0v) is 17.6. The first-order valence-corrected chi connectivity index (χ1v) is 11.8. The summed E-state index contributed by atoms with van der Waals surface area (Å²) in [6.45, 7) is 2.88. The van der Waals surface area contributed by atoms with Gasteiger partial charge < -0.3 is 4.52 Å². The van der Waals surface area contributed by atoms with Gasteiger partial charge in [-0.1, -0.05) is 16.4 Å². The first-order chi connectivity index (χ1) is 13.0. The molecule has 2 aromatic rings. The number of sulfonamides is 1. The van der Waals surface area contributed by atoms with Gasteiger partial charge >= 0.3 is 0 Å². The third-order valence-electron chi connectivity index (χ3n) is 4.48. The van der Waals surface area contributed by atoms with Crippen molar-refractivity contribution in [3.8, 4) is 0 Å². The molecule has 1 aliphatic heterocycles. The van der Waals surface area contributed by atoms with Crippen LogP contribution in [0.3, 0.4) is 0 Å². The Labute approximate surface area is 167 Å². The number of aromatic nitrogens is 2. The minimum absolute atomic E-state index is 0.0357. The number of piperazine rings is 1. The molecular weight excluding hydrogens is 430 g/mol. The van der Waals surface area contributed by atoms with E-state index in [0.29, 0.717) is 5.02 Å². The smallest absolute Gasteiger partial charge is 0.286 e. The molecular formula is C15H20ClN5O5S2. The van der Waals surface area contributed by atoms with Gasteiger partial charge in [0.2, 0.25) is 10.0 Å². The highest BCUT2D eigenvalue weighted by Gasteiger charge is 2.42. The summed E-state index contributed by atoms with van der Waals surface area (Å²) in [6, 6.07) is 5.70. The Morgan fingerprint density at radius 1 is 1.21 bits per heavy atom. The maximum Gasteiger partial charge on any atom is 0.286 e. The van der Waals surface area contributed by atoms with Crippen LogP contribution in [0.2, 0.25) is 5.02 Å². The molecule has 1 aromatic heterocycles. The second kappa shape index (κ2) is 7.50. The Balaban J connectivity index is 1.98. The SMILES string of the molecule is CC(C)S(=O)(=O)C1CN(S(=O)(=O)c2ccc(Cl)cc2)CCN1[n+]1cc(=N)o[n-]1. The van der Waals surface area contributed by atoms with Crippen molar-refractivity contribution in [2.24, 2.45) is 0 Å². The monoisotopic (exact) mass is 449 g/mol. The van der Waals surface area contributed by atoms with Crippen molar-refractivity contribution < 1.29 is 26.1 Å². The largest absolute Gasteiger partial charge is 0.380 e. The predicted molar refractivity (Wildman–Crippen MR) is 99.2 cm³/mol. The van der Waals surface area contributed by atoms with Crippen molar-refractivity contribution in [2.45, 2.75) is 29.4 Å². The number of halogens is 1. The molecule has 28 heavy (non-hydrogen) atoms. The Hall–Kier alpha value is -1.89. The molecule has 10 nitrogen and oxygen atoms in total. The number of nitrogens with zero attached hydrogens (tertiary/aromatic N) is 4. The Kier molecular flexibility index (Phi) is 5.58. The summed E-state index contributed by atoms with van der Waals surface area (Å²) in [4.78, 5) is 1.17. The van der Waals surface area contributed by atoms with Crippen LogP contribution in [0.25, 0.3) is 0 Å². The lowest BCUT2D eigenvalue weighted by Gasteiger charge is -2.41. The van der Waals surface area contributed by atoms with E-state index in [4.69, 9.17) is 21.5 Å². The van der Waals surface area contributed by atoms with Gasteiger partial charge in [-0.2, -0.15) is 4.31 Å². The molecule has 0 radical (unpaired) electrons. The molecule has 13 heteroatoms. The highest BCUT2D eigenvalue weighted by Crippen LogP contribution is 2.23. The quantitative estimate of drug-likeness (QED) is 0.606. The lowest BCUT2D eigenvalue weighted by Crippen LogP contribution is -2.73. The van der Waals surface area contributed by atoms with Crippen LogP contribution in [-0.4, -0.2) is 51.4 Å². The van der Waals surface area contributed by atoms with Crippen LogP contribution in [0.15, 0.2) is 39.9 Å². The lowest BCUT2D eigenvalue weighted by atomic mass is 10.4. The summed E-state index contributed by atoms with van der Waals surface area (Å²) in [6.07, 6.45) is 1.23. The van der Waals surface area contributed by atoms with Gasteiger partial charge in [0.1, 0.15) is 5.37 Å². The van der Waals surface area contributed by atoms with E-state index >= 15 is 0 Å². The van der Waals surface area contributed by atoms with Crippen LogP contribution >= 0.6 is 11.6 Å². The van der Waals surface area contributed by atoms with Crippen molar-refractivity contribution >= 4 is 31.5 Å². The third-order valence-corrected chi connectivity index (χ3v) is 9.07. The molecule has 0 bridgehead atoms. The molecule has 0 spiro atoms. The summed E-state index contributed by atoms with van der Waals surface area (Å²) in [5.74, 6) is 0. The second-order valence-corrected chi connectivity index (χ2v) is 11.6. The molecule has 1 atom stereocenters. The van der Waals surface area contributed by atoms with Gasteiger partial charge in [0.25, 0.3) is 11.8 Å². The maximum absolute atomic E-state index is 13.0. The van der Waals surface area contributed by atoms with Gasteiger partial charge in [0.05, 0.1) is 10.1 Å². The fourth-order valence-corrected chi connectivity index (χ4v) is 6.09. The molecule has 0 amide bonds. The Morgan fingerprint density at radius 2 is 1.86 bits per heavy atom. The van der Waals surface area contributed by atoms with E-state index in [9.17, 15) is 16.8 Å². The first kappa shape index (κ1) is 20.8. The van der Waals surface area contributed by atoms with Gasteiger partial charge in [0, 0.05) is 24.7 Å². The average molecular weight is 450 g/mol. The van der Waals surface area contributed by atoms with E-state index < -0.39 is 30.5 Å². The fourth-order valence-electron chi connectivity index (χ4n) is 2.87. The number of hydrogen-bond donors (Lipinski definition) is 1. The number of benzene rings is 1. The third kappa shape index (κ3) is 3.81. The molecule has 1 N–H and O–H groups in total. The van der Waals surface area contributed by atoms with E-state index in [1.54, 1.807) is 0 Å². The number of sulfone groups is 1. The summed E-state index contributed by atoms with van der Waals surface area (Å²) >= 11 is 5.83. The van der Waals surface area contributed by atoms with Crippen LogP contribution in [0.5, 0.6) is 0 Å². The molecule has 0 saturated carbocycles. The maximum atomic E-state index is 13.0. The van der Waals surface area contributed by atoms with Gasteiger partial charge in [-0.3, -0.25) is 10.4 Å². The van der Waals surface area contributed by atoms with Gasteiger partial charge in [-0.25, -0.2) is 16.8 Å². The van der Waals surface area contributed by atoms with Crippen LogP contribution in [0.1, 0.15) is 13.8 Å². The van der Waals surface area contributed by atoms with E-state index in [1.807, 2.05) is 0 Å². The summed E-state index contributed by atoms with van der Waals surface area (Å²) in [7, 11) is -7.64. The van der Waals surface area contributed by atoms with Gasteiger partial charge in [0.15, 0.2) is 9.84 Å². The second-order valence-electron chi connectivity index (χ2n) is 6.56. The van der Waals surface area contributed by atoms with Crippen molar-refractivity contribution in [3.63, 3.8) is 0 Å². The van der Waals surface area contributed by atoms with Crippen molar-refractivity contribution in [1.29, 1.82) is 5.41 Å². The summed E-state index contributed by atoms with van der Waals surface area (Å²) in [5, 5.41) is 11.0. The molecule has 1 unspecified atom stereocenters. The molecule has 1 aliphatic rings. The number of nitrogens with one attached hydrogen (secondary N) is 1. The van der Waals surface area contributed by atoms with E-state index in [-0.39, 0.29) is 30.1 Å². The van der Waals surface area contributed by atoms with Crippen LogP contribution in [-0.2, 0) is 19.9 Å². The first-order valence-electron chi connectivity index (χ1n) is 8.39. The standard InChI is InChI=1S/C15H20ClN5O5S2/c1-11(2)27(22,23)15-10-19(7-8-20(15)21-9-14(17)26-18-21)28(24,25)13-5-3-12(16)4-6-13/h3-6,9,11,15,17H,7-8,10H2,1-2H3. The molecule has 3 rings (SSSR count). The molecule has 1 saturated heterocycles. The number of hydrogen-bond acceptors (Lipinski definition) is 7. The van der Waals surface area contributed by atoms with E-state index in [0.717, 1.165) is 9.10 Å². The van der Waals surface area contributed by atoms with E-state index in [1.165, 1.54) is 49.3 Å². The summed E-state index contributed by atoms with van der Waals surface area (Å²) in [5.41, 5.74) is -0.239. The number of rotatable bonds is 5. The normalized spacial score (nSPS) is 19.3. The van der Waals surface area contributed by atoms with Crippen molar-refractivity contribution in [2.75, 3.05) is 24.6 Å². The van der Waals surface area contributed by atoms with Crippen LogP contribution in [0.4, 0.5) is 0 Å². The molecule has 0 aliphatic carbocycles. The Bertz CT molecular complexity index is 1110. The van der Waals surface area contributed by atoms with Crippen LogP contribution < -0.4 is 20.6 Å². The minimum Gasteiger partial charge on any atom is -0.380 e. The van der Waals surface area contributed by atoms with Gasteiger partial charge in [-0.05, 0) is 43.4 Å². The van der Waals surface area contributed by atoms with Crippen LogP contribution in [0, 0.1) is 5.41 Å². The fraction of sp³-hybridized carbons (Fsp3) is 0.467. The predicted octanol–water partition coefficient (Wildman–Crippen LogP) is -0.551.